The molecule has 1 fully saturated rings. The molecule has 0 radical (unpaired) electrons. The fourth-order valence-corrected chi connectivity index (χ4v) is 2.99. The number of hydrogen-bond acceptors (Lipinski definition) is 2. The summed E-state index contributed by atoms with van der Waals surface area (Å²) in [7, 11) is 0. The third-order valence-corrected chi connectivity index (χ3v) is 3.83. The average Bonchev–Trinajstić information content (AvgIpc) is 2.96. The van der Waals surface area contributed by atoms with Crippen LogP contribution in [0.15, 0.2) is 18.2 Å². The zero-order chi connectivity index (χ0) is 13.4. The first kappa shape index (κ1) is 12.6. The largest absolute Gasteiger partial charge is 0.325 e. The number of nitrogens with zero attached hydrogens (tertiary/aromatic N) is 2. The van der Waals surface area contributed by atoms with E-state index < -0.39 is 0 Å². The van der Waals surface area contributed by atoms with Gasteiger partial charge in [0.05, 0.1) is 11.0 Å². The molecule has 19 heavy (non-hydrogen) atoms. The molecule has 0 amide bonds. The molecule has 1 aromatic heterocycles. The van der Waals surface area contributed by atoms with Crippen LogP contribution in [0.4, 0.5) is 4.39 Å². The van der Waals surface area contributed by atoms with E-state index in [9.17, 15) is 4.39 Å². The lowest BCUT2D eigenvalue weighted by Crippen LogP contribution is -2.25. The van der Waals surface area contributed by atoms with E-state index in [2.05, 4.69) is 23.7 Å². The summed E-state index contributed by atoms with van der Waals surface area (Å²) in [6, 6.07) is 5.66. The number of hydrogen-bond donors (Lipinski definition) is 1. The van der Waals surface area contributed by atoms with Crippen LogP contribution in [0.1, 0.15) is 38.6 Å². The normalized spacial score (nSPS) is 19.7. The second kappa shape index (κ2) is 4.93. The highest BCUT2D eigenvalue weighted by Gasteiger charge is 2.20. The lowest BCUT2D eigenvalue weighted by Gasteiger charge is -2.15. The van der Waals surface area contributed by atoms with Gasteiger partial charge in [-0.3, -0.25) is 0 Å². The van der Waals surface area contributed by atoms with Gasteiger partial charge in [0.25, 0.3) is 0 Å². The molecule has 0 bridgehead atoms. The van der Waals surface area contributed by atoms with Crippen molar-refractivity contribution in [2.45, 2.75) is 45.2 Å². The molecule has 2 heterocycles. The molecule has 1 saturated heterocycles. The summed E-state index contributed by atoms with van der Waals surface area (Å²) in [5, 5.41) is 3.50. The van der Waals surface area contributed by atoms with Gasteiger partial charge >= 0.3 is 0 Å². The van der Waals surface area contributed by atoms with E-state index in [0.29, 0.717) is 12.1 Å². The monoisotopic (exact) mass is 261 g/mol. The molecular weight excluding hydrogens is 241 g/mol. The number of nitrogens with one attached hydrogen (secondary N) is 1. The molecule has 2 aromatic rings. The summed E-state index contributed by atoms with van der Waals surface area (Å²) in [4.78, 5) is 4.69. The third kappa shape index (κ3) is 2.37. The summed E-state index contributed by atoms with van der Waals surface area (Å²) in [6.45, 7) is 5.34. The third-order valence-electron chi connectivity index (χ3n) is 3.83. The van der Waals surface area contributed by atoms with Crippen molar-refractivity contribution in [1.29, 1.82) is 0 Å². The molecule has 1 N–H and O–H groups in total. The van der Waals surface area contributed by atoms with E-state index in [1.807, 2.05) is 0 Å². The Morgan fingerprint density at radius 3 is 3.00 bits per heavy atom. The Balaban J connectivity index is 2.04. The first-order chi connectivity index (χ1) is 9.15. The lowest BCUT2D eigenvalue weighted by atomic mass is 10.1. The van der Waals surface area contributed by atoms with Gasteiger partial charge in [-0.1, -0.05) is 0 Å². The molecule has 0 spiro atoms. The van der Waals surface area contributed by atoms with Crippen LogP contribution >= 0.6 is 0 Å². The first-order valence-corrected chi connectivity index (χ1v) is 7.05. The predicted molar refractivity (Wildman–Crippen MR) is 74.8 cm³/mol. The molecule has 1 unspecified atom stereocenters. The van der Waals surface area contributed by atoms with Gasteiger partial charge in [-0.15, -0.1) is 0 Å². The minimum Gasteiger partial charge on any atom is -0.325 e. The maximum atomic E-state index is 13.4. The van der Waals surface area contributed by atoms with E-state index in [0.717, 1.165) is 29.8 Å². The van der Waals surface area contributed by atoms with Crippen molar-refractivity contribution >= 4 is 11.0 Å². The van der Waals surface area contributed by atoms with Gasteiger partial charge in [-0.05, 0) is 51.4 Å². The van der Waals surface area contributed by atoms with Crippen molar-refractivity contribution in [2.24, 2.45) is 0 Å². The van der Waals surface area contributed by atoms with Gasteiger partial charge in [-0.25, -0.2) is 9.37 Å². The van der Waals surface area contributed by atoms with Crippen LogP contribution in [0.3, 0.4) is 0 Å². The summed E-state index contributed by atoms with van der Waals surface area (Å²) >= 11 is 0. The Hall–Kier alpha value is -1.42. The van der Waals surface area contributed by atoms with Crippen LogP contribution < -0.4 is 5.32 Å². The van der Waals surface area contributed by atoms with Crippen molar-refractivity contribution in [3.63, 3.8) is 0 Å². The van der Waals surface area contributed by atoms with Crippen LogP contribution in [0.2, 0.25) is 0 Å². The highest BCUT2D eigenvalue weighted by atomic mass is 19.1. The Labute approximate surface area is 112 Å². The molecule has 1 atom stereocenters. The summed E-state index contributed by atoms with van der Waals surface area (Å²) in [6.07, 6.45) is 3.37. The average molecular weight is 261 g/mol. The van der Waals surface area contributed by atoms with E-state index in [-0.39, 0.29) is 5.82 Å². The molecule has 0 aliphatic carbocycles. The van der Waals surface area contributed by atoms with Crippen LogP contribution in [0.5, 0.6) is 0 Å². The van der Waals surface area contributed by atoms with Crippen molar-refractivity contribution in [3.05, 3.63) is 29.8 Å². The smallest absolute Gasteiger partial charge is 0.125 e. The first-order valence-electron chi connectivity index (χ1n) is 7.05. The van der Waals surface area contributed by atoms with Crippen molar-refractivity contribution < 1.29 is 4.39 Å². The summed E-state index contributed by atoms with van der Waals surface area (Å²) in [5.74, 6) is 0.870. The highest BCUT2D eigenvalue weighted by molar-refractivity contribution is 5.76. The van der Waals surface area contributed by atoms with Gasteiger partial charge in [0.15, 0.2) is 0 Å². The van der Waals surface area contributed by atoms with Crippen molar-refractivity contribution in [1.82, 2.24) is 14.9 Å². The molecule has 102 valence electrons. The SMILES string of the molecule is CC(C)n1c(CC2CCCN2)nc2ccc(F)cc21. The van der Waals surface area contributed by atoms with Gasteiger partial charge in [0.2, 0.25) is 0 Å². The van der Waals surface area contributed by atoms with Crippen LogP contribution in [-0.2, 0) is 6.42 Å². The molecule has 1 aromatic carbocycles. The minimum atomic E-state index is -0.195. The lowest BCUT2D eigenvalue weighted by molar-refractivity contribution is 0.530. The zero-order valence-corrected chi connectivity index (χ0v) is 11.5. The second-order valence-corrected chi connectivity index (χ2v) is 5.62. The maximum Gasteiger partial charge on any atom is 0.125 e. The number of fused-ring (bicyclic) bond motifs is 1. The topological polar surface area (TPSA) is 29.9 Å². The molecule has 3 rings (SSSR count). The molecule has 1 aliphatic heterocycles. The number of rotatable bonds is 3. The maximum absolute atomic E-state index is 13.4. The number of aromatic nitrogens is 2. The Morgan fingerprint density at radius 1 is 1.47 bits per heavy atom. The minimum absolute atomic E-state index is 0.195. The van der Waals surface area contributed by atoms with Crippen LogP contribution in [-0.4, -0.2) is 22.1 Å². The fraction of sp³-hybridized carbons (Fsp3) is 0.533. The fourth-order valence-electron chi connectivity index (χ4n) is 2.99. The van der Waals surface area contributed by atoms with E-state index >= 15 is 0 Å². The van der Waals surface area contributed by atoms with Gasteiger partial charge in [0, 0.05) is 18.5 Å². The zero-order valence-electron chi connectivity index (χ0n) is 11.5. The Morgan fingerprint density at radius 2 is 2.32 bits per heavy atom. The Bertz CT molecular complexity index is 582. The van der Waals surface area contributed by atoms with Gasteiger partial charge in [-0.2, -0.15) is 0 Å². The highest BCUT2D eigenvalue weighted by Crippen LogP contribution is 2.24. The predicted octanol–water partition coefficient (Wildman–Crippen LogP) is 3.05. The number of halogens is 1. The van der Waals surface area contributed by atoms with Crippen molar-refractivity contribution in [2.75, 3.05) is 6.54 Å². The molecule has 1 aliphatic rings. The summed E-state index contributed by atoms with van der Waals surface area (Å²) < 4.78 is 15.6. The van der Waals surface area contributed by atoms with E-state index in [4.69, 9.17) is 4.98 Å². The van der Waals surface area contributed by atoms with Crippen LogP contribution in [0, 0.1) is 5.82 Å². The van der Waals surface area contributed by atoms with Gasteiger partial charge < -0.3 is 9.88 Å². The number of imidazole rings is 1. The Kier molecular flexibility index (Phi) is 3.27. The molecular formula is C15H20FN3. The second-order valence-electron chi connectivity index (χ2n) is 5.62. The van der Waals surface area contributed by atoms with E-state index in [1.165, 1.54) is 18.9 Å². The van der Waals surface area contributed by atoms with Gasteiger partial charge in [0.1, 0.15) is 11.6 Å². The van der Waals surface area contributed by atoms with E-state index in [1.54, 1.807) is 12.1 Å². The summed E-state index contributed by atoms with van der Waals surface area (Å²) in [5.41, 5.74) is 1.80. The van der Waals surface area contributed by atoms with Crippen LogP contribution in [0.25, 0.3) is 11.0 Å². The molecule has 4 heteroatoms. The standard InChI is InChI=1S/C15H20FN3/c1-10(2)19-14-8-11(16)5-6-13(14)18-15(19)9-12-4-3-7-17-12/h5-6,8,10,12,17H,3-4,7,9H2,1-2H3. The number of benzene rings is 1. The molecule has 0 saturated carbocycles. The molecule has 3 nitrogen and oxygen atoms in total. The quantitative estimate of drug-likeness (QED) is 0.920. The van der Waals surface area contributed by atoms with Crippen molar-refractivity contribution in [3.8, 4) is 0 Å².